The van der Waals surface area contributed by atoms with Crippen molar-refractivity contribution in [1.82, 2.24) is 4.98 Å². The lowest BCUT2D eigenvalue weighted by Gasteiger charge is -2.06. The molecule has 0 fully saturated rings. The summed E-state index contributed by atoms with van der Waals surface area (Å²) in [7, 11) is 0. The molecule has 0 aliphatic heterocycles. The Bertz CT molecular complexity index is 942. The number of nitrogens with one attached hydrogen (secondary N) is 1. The van der Waals surface area contributed by atoms with Gasteiger partial charge in [-0.3, -0.25) is 4.79 Å². The number of carbonyl (C=O) groups excluding carboxylic acids is 1. The number of aromatic nitrogens is 1. The summed E-state index contributed by atoms with van der Waals surface area (Å²) in [6, 6.07) is 16.6. The van der Waals surface area contributed by atoms with Crippen molar-refractivity contribution in [1.29, 1.82) is 5.26 Å². The molecule has 1 heterocycles. The van der Waals surface area contributed by atoms with Gasteiger partial charge in [-0.1, -0.05) is 18.2 Å². The van der Waals surface area contributed by atoms with Crippen molar-refractivity contribution < 1.29 is 9.53 Å². The van der Waals surface area contributed by atoms with Crippen LogP contribution in [-0.4, -0.2) is 10.9 Å². The van der Waals surface area contributed by atoms with Crippen molar-refractivity contribution in [2.45, 2.75) is 20.0 Å². The van der Waals surface area contributed by atoms with E-state index in [-0.39, 0.29) is 12.3 Å². The van der Waals surface area contributed by atoms with Crippen LogP contribution in [0.4, 0.5) is 5.69 Å². The Kier molecular flexibility index (Phi) is 5.62. The second kappa shape index (κ2) is 8.28. The molecule has 130 valence electrons. The number of aryl methyl sites for hydroxylation is 1. The van der Waals surface area contributed by atoms with Crippen molar-refractivity contribution in [3.8, 4) is 11.8 Å². The minimum absolute atomic E-state index is 0.0896. The van der Waals surface area contributed by atoms with Crippen LogP contribution in [0.3, 0.4) is 0 Å². The topological polar surface area (TPSA) is 75.0 Å². The van der Waals surface area contributed by atoms with E-state index in [1.54, 1.807) is 24.3 Å². The van der Waals surface area contributed by atoms with E-state index in [0.717, 1.165) is 22.0 Å². The third-order valence-electron chi connectivity index (χ3n) is 3.70. The molecule has 0 atom stereocenters. The molecular formula is C20H17N3O2S. The number of hydrogen-bond donors (Lipinski definition) is 1. The van der Waals surface area contributed by atoms with Crippen molar-refractivity contribution in [3.05, 3.63) is 75.7 Å². The summed E-state index contributed by atoms with van der Waals surface area (Å²) < 4.78 is 5.66. The Morgan fingerprint density at radius 2 is 2.00 bits per heavy atom. The molecule has 0 radical (unpaired) electrons. The van der Waals surface area contributed by atoms with E-state index in [4.69, 9.17) is 10.00 Å². The first-order valence-electron chi connectivity index (χ1n) is 8.06. The number of rotatable bonds is 6. The van der Waals surface area contributed by atoms with Gasteiger partial charge in [-0.25, -0.2) is 4.98 Å². The van der Waals surface area contributed by atoms with Crippen LogP contribution < -0.4 is 10.1 Å². The number of thiazole rings is 1. The lowest BCUT2D eigenvalue weighted by atomic mass is 10.2. The van der Waals surface area contributed by atoms with Crippen LogP contribution in [0.5, 0.6) is 5.75 Å². The van der Waals surface area contributed by atoms with Crippen molar-refractivity contribution in [2.75, 3.05) is 5.32 Å². The predicted octanol–water partition coefficient (Wildman–Crippen LogP) is 4.08. The van der Waals surface area contributed by atoms with Gasteiger partial charge in [0.05, 0.1) is 23.7 Å². The maximum atomic E-state index is 12.2. The van der Waals surface area contributed by atoms with Gasteiger partial charge in [-0.2, -0.15) is 5.26 Å². The summed E-state index contributed by atoms with van der Waals surface area (Å²) in [6.45, 7) is 2.28. The van der Waals surface area contributed by atoms with Crippen LogP contribution in [-0.2, 0) is 17.8 Å². The summed E-state index contributed by atoms with van der Waals surface area (Å²) in [5.41, 5.74) is 3.21. The molecule has 2 aromatic carbocycles. The summed E-state index contributed by atoms with van der Waals surface area (Å²) in [5, 5.41) is 14.3. The van der Waals surface area contributed by atoms with E-state index in [1.165, 1.54) is 11.3 Å². The van der Waals surface area contributed by atoms with Crippen LogP contribution in [0, 0.1) is 18.3 Å². The molecule has 1 amide bonds. The maximum absolute atomic E-state index is 12.2. The predicted molar refractivity (Wildman–Crippen MR) is 101 cm³/mol. The maximum Gasteiger partial charge on any atom is 0.231 e. The summed E-state index contributed by atoms with van der Waals surface area (Å²) in [5.74, 6) is 0.587. The normalized spacial score (nSPS) is 10.2. The number of carbonyl (C=O) groups is 1. The summed E-state index contributed by atoms with van der Waals surface area (Å²) in [6.07, 6.45) is 0.232. The number of anilines is 1. The highest BCUT2D eigenvalue weighted by atomic mass is 32.1. The van der Waals surface area contributed by atoms with Gasteiger partial charge in [0.1, 0.15) is 17.4 Å². The largest absolute Gasteiger partial charge is 0.487 e. The number of benzene rings is 2. The number of para-hydroxylation sites is 1. The number of ether oxygens (including phenoxy) is 1. The van der Waals surface area contributed by atoms with Crippen molar-refractivity contribution in [3.63, 3.8) is 0 Å². The Labute approximate surface area is 155 Å². The van der Waals surface area contributed by atoms with Crippen molar-refractivity contribution in [2.24, 2.45) is 0 Å². The molecule has 0 unspecified atom stereocenters. The van der Waals surface area contributed by atoms with Gasteiger partial charge in [-0.15, -0.1) is 11.3 Å². The molecule has 1 N–H and O–H groups in total. The summed E-state index contributed by atoms with van der Waals surface area (Å²) in [4.78, 5) is 16.6. The Morgan fingerprint density at radius 3 is 2.73 bits per heavy atom. The van der Waals surface area contributed by atoms with Crippen LogP contribution in [0.25, 0.3) is 0 Å². The standard InChI is InChI=1S/C20H17N3O2S/c1-14-4-2-3-5-18(14)23-19(24)10-20-22-16(13-26-20)12-25-17-8-6-15(11-21)7-9-17/h2-9,13H,10,12H2,1H3,(H,23,24). The molecule has 6 heteroatoms. The van der Waals surface area contributed by atoms with Gasteiger partial charge in [0.2, 0.25) is 5.91 Å². The van der Waals surface area contributed by atoms with E-state index in [9.17, 15) is 4.79 Å². The molecule has 5 nitrogen and oxygen atoms in total. The molecule has 26 heavy (non-hydrogen) atoms. The molecule has 3 rings (SSSR count). The zero-order chi connectivity index (χ0) is 18.4. The van der Waals surface area contributed by atoms with Crippen LogP contribution in [0.2, 0.25) is 0 Å². The van der Waals surface area contributed by atoms with Gasteiger partial charge in [0, 0.05) is 11.1 Å². The van der Waals surface area contributed by atoms with Gasteiger partial charge in [0.15, 0.2) is 0 Å². The SMILES string of the molecule is Cc1ccccc1NC(=O)Cc1nc(COc2ccc(C#N)cc2)cs1. The van der Waals surface area contributed by atoms with Crippen LogP contribution in [0.15, 0.2) is 53.9 Å². The highest BCUT2D eigenvalue weighted by molar-refractivity contribution is 7.09. The fourth-order valence-electron chi connectivity index (χ4n) is 2.32. The molecule has 0 spiro atoms. The number of hydrogen-bond acceptors (Lipinski definition) is 5. The third kappa shape index (κ3) is 4.68. The van der Waals surface area contributed by atoms with E-state index >= 15 is 0 Å². The molecule has 0 aliphatic rings. The average molecular weight is 363 g/mol. The second-order valence-corrected chi connectivity index (χ2v) is 6.64. The van der Waals surface area contributed by atoms with Crippen LogP contribution in [0.1, 0.15) is 21.8 Å². The third-order valence-corrected chi connectivity index (χ3v) is 4.60. The second-order valence-electron chi connectivity index (χ2n) is 5.70. The zero-order valence-electron chi connectivity index (χ0n) is 14.2. The van der Waals surface area contributed by atoms with Gasteiger partial charge in [0.25, 0.3) is 0 Å². The highest BCUT2D eigenvalue weighted by Gasteiger charge is 2.10. The van der Waals surface area contributed by atoms with Gasteiger partial charge in [-0.05, 0) is 42.8 Å². The number of amides is 1. The lowest BCUT2D eigenvalue weighted by molar-refractivity contribution is -0.115. The van der Waals surface area contributed by atoms with Crippen molar-refractivity contribution >= 4 is 22.9 Å². The highest BCUT2D eigenvalue weighted by Crippen LogP contribution is 2.17. The first-order chi connectivity index (χ1) is 12.6. The first kappa shape index (κ1) is 17.6. The Morgan fingerprint density at radius 1 is 1.23 bits per heavy atom. The van der Waals surface area contributed by atoms with E-state index in [2.05, 4.69) is 16.4 Å². The van der Waals surface area contributed by atoms with E-state index in [1.807, 2.05) is 36.6 Å². The molecule has 0 saturated heterocycles. The molecule has 3 aromatic rings. The van der Waals surface area contributed by atoms with Crippen LogP contribution >= 0.6 is 11.3 Å². The van der Waals surface area contributed by atoms with Gasteiger partial charge < -0.3 is 10.1 Å². The minimum atomic E-state index is -0.0896. The molecule has 0 bridgehead atoms. The zero-order valence-corrected chi connectivity index (χ0v) is 15.0. The monoisotopic (exact) mass is 363 g/mol. The average Bonchev–Trinajstić information content (AvgIpc) is 3.09. The lowest BCUT2D eigenvalue weighted by Crippen LogP contribution is -2.15. The molecule has 1 aromatic heterocycles. The number of nitrogens with zero attached hydrogens (tertiary/aromatic N) is 2. The number of nitriles is 1. The Hall–Kier alpha value is -3.17. The van der Waals surface area contributed by atoms with E-state index < -0.39 is 0 Å². The Balaban J connectivity index is 1.53. The first-order valence-corrected chi connectivity index (χ1v) is 8.94. The molecule has 0 aliphatic carbocycles. The summed E-state index contributed by atoms with van der Waals surface area (Å²) >= 11 is 1.44. The molecular weight excluding hydrogens is 346 g/mol. The smallest absolute Gasteiger partial charge is 0.231 e. The van der Waals surface area contributed by atoms with E-state index in [0.29, 0.717) is 17.9 Å². The minimum Gasteiger partial charge on any atom is -0.487 e. The van der Waals surface area contributed by atoms with Gasteiger partial charge >= 0.3 is 0 Å². The fraction of sp³-hybridized carbons (Fsp3) is 0.150. The quantitative estimate of drug-likeness (QED) is 0.716. The fourth-order valence-corrected chi connectivity index (χ4v) is 3.10. The molecule has 0 saturated carbocycles.